The maximum absolute atomic E-state index is 11.0. The number of halogens is 1. The molecule has 1 fully saturated rings. The van der Waals surface area contributed by atoms with E-state index in [4.69, 9.17) is 16.3 Å². The molecular weight excluding hydrogens is 186 g/mol. The Morgan fingerprint density at radius 3 is 2.83 bits per heavy atom. The van der Waals surface area contributed by atoms with Gasteiger partial charge >= 0.3 is 0 Å². The Balaban J connectivity index is 2.33. The van der Waals surface area contributed by atoms with E-state index in [2.05, 4.69) is 10.1 Å². The molecule has 0 unspecified atom stereocenters. The molecule has 1 heterocycles. The number of nitrogens with zero attached hydrogens (tertiary/aromatic N) is 3. The number of ether oxygens (including phenoxy) is 1. The lowest BCUT2D eigenvalue weighted by Gasteiger charge is -2.21. The summed E-state index contributed by atoms with van der Waals surface area (Å²) in [5.74, 6) is 0. The van der Waals surface area contributed by atoms with Gasteiger partial charge in [0, 0.05) is 0 Å². The maximum atomic E-state index is 11.0. The second kappa shape index (κ2) is 5.00. The van der Waals surface area contributed by atoms with Crippen molar-refractivity contribution in [2.75, 3.05) is 32.4 Å². The Morgan fingerprint density at radius 2 is 2.25 bits per heavy atom. The minimum absolute atomic E-state index is 0.122. The van der Waals surface area contributed by atoms with Crippen molar-refractivity contribution < 1.29 is 14.5 Å². The fraction of sp³-hybridized carbons (Fsp3) is 1.00. The van der Waals surface area contributed by atoms with E-state index in [-0.39, 0.29) is 6.07 Å². The van der Waals surface area contributed by atoms with E-state index in [1.54, 1.807) is 0 Å². The molecule has 1 saturated heterocycles. The third kappa shape index (κ3) is 2.71. The van der Waals surface area contributed by atoms with Gasteiger partial charge in [-0.2, -0.15) is 0 Å². The Labute approximate surface area is 74.8 Å². The number of hydrazine groups is 1. The second-order valence-corrected chi connectivity index (χ2v) is 2.36. The number of hydrogen-bond acceptors (Lipinski definition) is 4. The zero-order valence-corrected chi connectivity index (χ0v) is 7.24. The lowest BCUT2D eigenvalue weighted by Crippen LogP contribution is -2.40. The van der Waals surface area contributed by atoms with Crippen molar-refractivity contribution >= 4 is 11.6 Å². The monoisotopic (exact) mass is 195 g/mol. The van der Waals surface area contributed by atoms with Crippen LogP contribution in [0.15, 0.2) is 5.28 Å². The maximum Gasteiger partial charge on any atom is 0.234 e. The largest absolute Gasteiger partial charge is 0.569 e. The second-order valence-electron chi connectivity index (χ2n) is 2.14. The van der Waals surface area contributed by atoms with E-state index in [1.807, 2.05) is 0 Å². The summed E-state index contributed by atoms with van der Waals surface area (Å²) in [6.45, 7) is 2.13. The van der Waals surface area contributed by atoms with Crippen molar-refractivity contribution in [3.05, 3.63) is 5.21 Å². The van der Waals surface area contributed by atoms with Crippen molar-refractivity contribution in [3.8, 4) is 0 Å². The highest BCUT2D eigenvalue weighted by molar-refractivity contribution is 6.17. The first-order valence-corrected chi connectivity index (χ1v) is 4.07. The third-order valence-electron chi connectivity index (χ3n) is 1.41. The van der Waals surface area contributed by atoms with Crippen LogP contribution in [0.3, 0.4) is 0 Å². The molecule has 0 radical (unpaired) electrons. The lowest BCUT2D eigenvalue weighted by atomic mass is 10.5. The first kappa shape index (κ1) is 9.34. The molecule has 1 aliphatic rings. The van der Waals surface area contributed by atoms with Crippen molar-refractivity contribution in [1.82, 2.24) is 5.01 Å². The van der Waals surface area contributed by atoms with Gasteiger partial charge in [0.25, 0.3) is 0 Å². The highest BCUT2D eigenvalue weighted by atomic mass is 35.5. The summed E-state index contributed by atoms with van der Waals surface area (Å²) in [5.41, 5.74) is 0. The predicted molar refractivity (Wildman–Crippen MR) is 40.3 cm³/mol. The first-order valence-electron chi connectivity index (χ1n) is 3.53. The number of morpholine rings is 1. The summed E-state index contributed by atoms with van der Waals surface area (Å²) < 4.78 is 5.04. The van der Waals surface area contributed by atoms with Crippen LogP contribution in [-0.2, 0) is 9.57 Å². The van der Waals surface area contributed by atoms with Crippen molar-refractivity contribution in [1.29, 1.82) is 0 Å². The van der Waals surface area contributed by atoms with Gasteiger partial charge in [-0.25, -0.2) is 0 Å². The standard InChI is InChI=1S/C5H10ClN3O3/c6-5-12-7-9(10)8-1-3-11-4-2-8/h1-5H2. The van der Waals surface area contributed by atoms with Crippen LogP contribution in [0, 0.1) is 5.21 Å². The van der Waals surface area contributed by atoms with Gasteiger partial charge in [0.15, 0.2) is 6.07 Å². The van der Waals surface area contributed by atoms with E-state index in [0.29, 0.717) is 31.3 Å². The van der Waals surface area contributed by atoms with Crippen molar-refractivity contribution in [2.45, 2.75) is 0 Å². The van der Waals surface area contributed by atoms with Crippen LogP contribution >= 0.6 is 11.6 Å². The van der Waals surface area contributed by atoms with Crippen molar-refractivity contribution in [3.63, 3.8) is 0 Å². The van der Waals surface area contributed by atoms with Gasteiger partial charge < -0.3 is 14.8 Å². The minimum atomic E-state index is -0.122. The van der Waals surface area contributed by atoms with Gasteiger partial charge in [-0.3, -0.25) is 0 Å². The molecular formula is C5H10ClN3O3. The van der Waals surface area contributed by atoms with Gasteiger partial charge in [-0.1, -0.05) is 11.6 Å². The molecule has 1 aliphatic heterocycles. The molecule has 0 aromatic heterocycles. The normalized spacial score (nSPS) is 19.4. The molecule has 0 aliphatic carbocycles. The predicted octanol–water partition coefficient (Wildman–Crippen LogP) is 0.324. The van der Waals surface area contributed by atoms with Gasteiger partial charge in [-0.15, -0.1) is 5.01 Å². The summed E-state index contributed by atoms with van der Waals surface area (Å²) in [6.07, 6.45) is 0. The Morgan fingerprint density at radius 1 is 1.58 bits per heavy atom. The topological polar surface area (TPSA) is 60.1 Å². The average Bonchev–Trinajstić information content (AvgIpc) is 2.15. The molecule has 0 spiro atoms. The molecule has 70 valence electrons. The van der Waals surface area contributed by atoms with E-state index in [1.165, 1.54) is 5.01 Å². The van der Waals surface area contributed by atoms with Crippen LogP contribution in [0.4, 0.5) is 0 Å². The molecule has 0 amide bonds. The lowest BCUT2D eigenvalue weighted by molar-refractivity contribution is -0.713. The first-order chi connectivity index (χ1) is 5.84. The Bertz CT molecular complexity index is 160. The summed E-state index contributed by atoms with van der Waals surface area (Å²) in [5, 5.41) is 15.6. The van der Waals surface area contributed by atoms with E-state index >= 15 is 0 Å². The fourth-order valence-corrected chi connectivity index (χ4v) is 0.891. The zero-order chi connectivity index (χ0) is 8.81. The summed E-state index contributed by atoms with van der Waals surface area (Å²) in [6, 6.07) is -0.122. The zero-order valence-electron chi connectivity index (χ0n) is 6.48. The van der Waals surface area contributed by atoms with Gasteiger partial charge in [0.1, 0.15) is 13.1 Å². The molecule has 12 heavy (non-hydrogen) atoms. The van der Waals surface area contributed by atoms with Crippen molar-refractivity contribution in [2.24, 2.45) is 5.28 Å². The quantitative estimate of drug-likeness (QED) is 0.282. The molecule has 6 nitrogen and oxygen atoms in total. The van der Waals surface area contributed by atoms with Gasteiger partial charge in [-0.05, 0) is 0 Å². The number of rotatable bonds is 3. The van der Waals surface area contributed by atoms with Crippen LogP contribution in [0.2, 0.25) is 0 Å². The molecule has 0 N–H and O–H groups in total. The molecule has 0 bridgehead atoms. The molecule has 7 heteroatoms. The van der Waals surface area contributed by atoms with Crippen LogP contribution in [0.25, 0.3) is 0 Å². The fourth-order valence-electron chi connectivity index (χ4n) is 0.848. The highest BCUT2D eigenvalue weighted by Gasteiger charge is 2.16. The Hall–Kier alpha value is -0.750. The van der Waals surface area contributed by atoms with Crippen LogP contribution in [-0.4, -0.2) is 42.3 Å². The molecule has 0 saturated carbocycles. The van der Waals surface area contributed by atoms with Crippen LogP contribution in [0.1, 0.15) is 0 Å². The molecule has 0 aromatic rings. The minimum Gasteiger partial charge on any atom is -0.569 e. The van der Waals surface area contributed by atoms with Gasteiger partial charge in [0.2, 0.25) is 5.28 Å². The highest BCUT2D eigenvalue weighted by Crippen LogP contribution is 1.97. The molecule has 0 aromatic carbocycles. The van der Waals surface area contributed by atoms with E-state index in [0.717, 1.165) is 0 Å². The third-order valence-corrected chi connectivity index (χ3v) is 1.50. The summed E-state index contributed by atoms with van der Waals surface area (Å²) in [7, 11) is 0. The molecule has 0 atom stereocenters. The van der Waals surface area contributed by atoms with Gasteiger partial charge in [0.05, 0.1) is 18.2 Å². The Kier molecular flexibility index (Phi) is 3.89. The number of alkyl halides is 1. The number of hydrogen-bond donors (Lipinski definition) is 0. The average molecular weight is 196 g/mol. The van der Waals surface area contributed by atoms with Crippen LogP contribution < -0.4 is 0 Å². The summed E-state index contributed by atoms with van der Waals surface area (Å²) >= 11 is 5.16. The smallest absolute Gasteiger partial charge is 0.234 e. The SMILES string of the molecule is [O-][N+](=NOCCl)N1CCOCC1. The van der Waals surface area contributed by atoms with E-state index < -0.39 is 0 Å². The molecule has 1 rings (SSSR count). The summed E-state index contributed by atoms with van der Waals surface area (Å²) in [4.78, 5) is 4.76. The van der Waals surface area contributed by atoms with E-state index in [9.17, 15) is 5.21 Å². The van der Waals surface area contributed by atoms with Crippen LogP contribution in [0.5, 0.6) is 0 Å².